The summed E-state index contributed by atoms with van der Waals surface area (Å²) < 4.78 is 33.5. The molecule has 2 rings (SSSR count). The van der Waals surface area contributed by atoms with Crippen LogP contribution in [0.1, 0.15) is 39.5 Å². The van der Waals surface area contributed by atoms with Gasteiger partial charge in [0.2, 0.25) is 0 Å². The highest BCUT2D eigenvalue weighted by Gasteiger charge is 2.37. The fraction of sp³-hybridized carbons (Fsp3) is 0.929. The first-order valence-electron chi connectivity index (χ1n) is 7.87. The first kappa shape index (κ1) is 16.7. The molecule has 2 fully saturated rings. The lowest BCUT2D eigenvalue weighted by Crippen LogP contribution is -2.51. The number of ether oxygens (including phenoxy) is 1. The zero-order valence-corrected chi connectivity index (χ0v) is 13.8. The van der Waals surface area contributed by atoms with Gasteiger partial charge in [0, 0.05) is 26.2 Å². The summed E-state index contributed by atoms with van der Waals surface area (Å²) in [5.41, 5.74) is 0. The summed E-state index contributed by atoms with van der Waals surface area (Å²) in [6.45, 7) is 6.13. The minimum absolute atomic E-state index is 0.256. The highest BCUT2D eigenvalue weighted by atomic mass is 32.2. The predicted molar refractivity (Wildman–Crippen MR) is 79.8 cm³/mol. The van der Waals surface area contributed by atoms with E-state index in [9.17, 15) is 13.2 Å². The van der Waals surface area contributed by atoms with E-state index in [0.717, 1.165) is 12.8 Å². The smallest absolute Gasteiger partial charge is 0.310 e. The number of esters is 1. The molecule has 0 amide bonds. The van der Waals surface area contributed by atoms with Crippen LogP contribution in [0.5, 0.6) is 0 Å². The first-order valence-corrected chi connectivity index (χ1v) is 9.26. The number of carbonyl (C=O) groups excluding carboxylic acids is 1. The number of hydrogen-bond donors (Lipinski definition) is 0. The molecule has 2 atom stereocenters. The molecule has 0 aromatic rings. The van der Waals surface area contributed by atoms with Gasteiger partial charge in [-0.3, -0.25) is 4.79 Å². The molecule has 7 heteroatoms. The molecule has 2 heterocycles. The highest BCUT2D eigenvalue weighted by molar-refractivity contribution is 7.86. The van der Waals surface area contributed by atoms with Gasteiger partial charge in [-0.25, -0.2) is 0 Å². The molecule has 0 aromatic heterocycles. The van der Waals surface area contributed by atoms with Crippen LogP contribution in [0.25, 0.3) is 0 Å². The van der Waals surface area contributed by atoms with Crippen molar-refractivity contribution in [2.75, 3.05) is 32.8 Å². The topological polar surface area (TPSA) is 66.9 Å². The van der Waals surface area contributed by atoms with Gasteiger partial charge in [0.25, 0.3) is 10.2 Å². The summed E-state index contributed by atoms with van der Waals surface area (Å²) >= 11 is 0. The number of rotatable bonds is 4. The maximum Gasteiger partial charge on any atom is 0.310 e. The molecule has 0 aromatic carbocycles. The SMILES string of the molecule is CCOC(=O)[C@@H]1CCCN(S(=O)(=O)N2CCCC(C)C2)C1. The molecule has 0 radical (unpaired) electrons. The Kier molecular flexibility index (Phi) is 5.62. The quantitative estimate of drug-likeness (QED) is 0.732. The zero-order chi connectivity index (χ0) is 15.5. The van der Waals surface area contributed by atoms with Crippen molar-refractivity contribution < 1.29 is 17.9 Å². The van der Waals surface area contributed by atoms with E-state index in [4.69, 9.17) is 4.74 Å². The van der Waals surface area contributed by atoms with Crippen molar-refractivity contribution >= 4 is 16.2 Å². The third-order valence-corrected chi connectivity index (χ3v) is 6.24. The van der Waals surface area contributed by atoms with Crippen LogP contribution >= 0.6 is 0 Å². The van der Waals surface area contributed by atoms with E-state index in [2.05, 4.69) is 6.92 Å². The maximum atomic E-state index is 12.7. The molecule has 2 aliphatic rings. The Morgan fingerprint density at radius 1 is 1.14 bits per heavy atom. The Bertz CT molecular complexity index is 466. The van der Waals surface area contributed by atoms with Crippen LogP contribution < -0.4 is 0 Å². The summed E-state index contributed by atoms with van der Waals surface area (Å²) in [5.74, 6) is -0.195. The first-order chi connectivity index (χ1) is 9.95. The number of carbonyl (C=O) groups is 1. The average molecular weight is 318 g/mol. The summed E-state index contributed by atoms with van der Waals surface area (Å²) in [4.78, 5) is 11.8. The van der Waals surface area contributed by atoms with Crippen molar-refractivity contribution in [3.05, 3.63) is 0 Å². The lowest BCUT2D eigenvalue weighted by molar-refractivity contribution is -0.149. The van der Waals surface area contributed by atoms with E-state index < -0.39 is 10.2 Å². The largest absolute Gasteiger partial charge is 0.466 e. The normalized spacial score (nSPS) is 29.2. The molecule has 21 heavy (non-hydrogen) atoms. The Labute approximate surface area is 127 Å². The van der Waals surface area contributed by atoms with Crippen LogP contribution in [-0.2, 0) is 19.7 Å². The van der Waals surface area contributed by atoms with Crippen LogP contribution in [0.4, 0.5) is 0 Å². The standard InChI is InChI=1S/C14H26N2O4S/c1-3-20-14(17)13-7-5-9-16(11-13)21(18,19)15-8-4-6-12(2)10-15/h12-13H,3-11H2,1-2H3/t12?,13-/m1/s1. The van der Waals surface area contributed by atoms with Crippen molar-refractivity contribution in [1.82, 2.24) is 8.61 Å². The van der Waals surface area contributed by atoms with Gasteiger partial charge in [-0.15, -0.1) is 0 Å². The molecule has 2 aliphatic heterocycles. The lowest BCUT2D eigenvalue weighted by Gasteiger charge is -2.37. The van der Waals surface area contributed by atoms with E-state index in [1.54, 1.807) is 11.2 Å². The molecule has 6 nitrogen and oxygen atoms in total. The summed E-state index contributed by atoms with van der Waals surface area (Å²) in [6, 6.07) is 0. The Morgan fingerprint density at radius 3 is 2.38 bits per heavy atom. The van der Waals surface area contributed by atoms with Gasteiger partial charge in [-0.05, 0) is 38.5 Å². The van der Waals surface area contributed by atoms with Crippen molar-refractivity contribution in [3.63, 3.8) is 0 Å². The monoisotopic (exact) mass is 318 g/mol. The van der Waals surface area contributed by atoms with Crippen molar-refractivity contribution in [3.8, 4) is 0 Å². The fourth-order valence-electron chi connectivity index (χ4n) is 3.12. The van der Waals surface area contributed by atoms with Gasteiger partial charge in [0.1, 0.15) is 0 Å². The van der Waals surface area contributed by atoms with Gasteiger partial charge < -0.3 is 4.74 Å². The maximum absolute atomic E-state index is 12.7. The van der Waals surface area contributed by atoms with Crippen LogP contribution in [0.3, 0.4) is 0 Å². The molecule has 0 aliphatic carbocycles. The Morgan fingerprint density at radius 2 is 1.76 bits per heavy atom. The molecule has 0 bridgehead atoms. The number of nitrogens with zero attached hydrogens (tertiary/aromatic N) is 2. The molecule has 0 N–H and O–H groups in total. The van der Waals surface area contributed by atoms with Gasteiger partial charge >= 0.3 is 5.97 Å². The molecular formula is C14H26N2O4S. The van der Waals surface area contributed by atoms with Gasteiger partial charge in [-0.1, -0.05) is 6.92 Å². The average Bonchev–Trinajstić information content (AvgIpc) is 2.47. The molecular weight excluding hydrogens is 292 g/mol. The minimum Gasteiger partial charge on any atom is -0.466 e. The van der Waals surface area contributed by atoms with Crippen LogP contribution in [0.15, 0.2) is 0 Å². The highest BCUT2D eigenvalue weighted by Crippen LogP contribution is 2.25. The van der Waals surface area contributed by atoms with Crippen LogP contribution in [0.2, 0.25) is 0 Å². The van der Waals surface area contributed by atoms with Gasteiger partial charge in [0.15, 0.2) is 0 Å². The number of hydrogen-bond acceptors (Lipinski definition) is 4. The third kappa shape index (κ3) is 3.96. The van der Waals surface area contributed by atoms with E-state index in [-0.39, 0.29) is 18.4 Å². The van der Waals surface area contributed by atoms with Gasteiger partial charge in [0.05, 0.1) is 12.5 Å². The van der Waals surface area contributed by atoms with Crippen molar-refractivity contribution in [2.45, 2.75) is 39.5 Å². The predicted octanol–water partition coefficient (Wildman–Crippen LogP) is 1.24. The number of piperidine rings is 2. The fourth-order valence-corrected chi connectivity index (χ4v) is 4.98. The van der Waals surface area contributed by atoms with Crippen molar-refractivity contribution in [1.29, 1.82) is 0 Å². The van der Waals surface area contributed by atoms with Crippen LogP contribution in [-0.4, -0.2) is 55.8 Å². The molecule has 1 unspecified atom stereocenters. The van der Waals surface area contributed by atoms with Gasteiger partial charge in [-0.2, -0.15) is 17.0 Å². The molecule has 122 valence electrons. The van der Waals surface area contributed by atoms with E-state index in [1.807, 2.05) is 0 Å². The van der Waals surface area contributed by atoms with Crippen molar-refractivity contribution in [2.24, 2.45) is 11.8 Å². The second kappa shape index (κ2) is 7.07. The van der Waals surface area contributed by atoms with E-state index >= 15 is 0 Å². The summed E-state index contributed by atoms with van der Waals surface area (Å²) in [5, 5.41) is 0. The minimum atomic E-state index is -3.44. The third-order valence-electron chi connectivity index (χ3n) is 4.28. The summed E-state index contributed by atoms with van der Waals surface area (Å²) in [6.07, 6.45) is 3.42. The second-order valence-corrected chi connectivity index (χ2v) is 7.99. The van der Waals surface area contributed by atoms with Crippen LogP contribution in [0, 0.1) is 11.8 Å². The second-order valence-electron chi connectivity index (χ2n) is 6.06. The molecule has 2 saturated heterocycles. The van der Waals surface area contributed by atoms with E-state index in [0.29, 0.717) is 45.0 Å². The Balaban J connectivity index is 2.03. The summed E-state index contributed by atoms with van der Waals surface area (Å²) in [7, 11) is -3.44. The zero-order valence-electron chi connectivity index (χ0n) is 13.0. The molecule has 0 spiro atoms. The Hall–Kier alpha value is -0.660. The molecule has 0 saturated carbocycles. The lowest BCUT2D eigenvalue weighted by atomic mass is 10.0. The van der Waals surface area contributed by atoms with E-state index in [1.165, 1.54) is 4.31 Å².